The molecule has 0 aliphatic heterocycles. The number of rotatable bonds is 8. The third kappa shape index (κ3) is 5.71. The summed E-state index contributed by atoms with van der Waals surface area (Å²) in [5.41, 5.74) is 10.7. The van der Waals surface area contributed by atoms with Gasteiger partial charge in [-0.3, -0.25) is 0 Å². The van der Waals surface area contributed by atoms with Crippen molar-refractivity contribution in [1.29, 1.82) is 0 Å². The molecule has 165 valence electrons. The molecule has 5 aromatic rings. The Balaban J connectivity index is 1.61. The standard InChI is InChI=1S/C34H29/c1-5-13-27(14-6-1)21-31-24-32(22-28-15-7-2-8-16-28)34(26-30-19-11-4-12-20-30)33(25-31)23-29-17-9-3-10-18-29/h1-20,24H,21-23,26H2. The van der Waals surface area contributed by atoms with Crippen molar-refractivity contribution >= 4 is 0 Å². The number of hydrogen-bond acceptors (Lipinski definition) is 0. The molecule has 0 amide bonds. The molecule has 0 nitrogen and oxygen atoms in total. The van der Waals surface area contributed by atoms with Gasteiger partial charge < -0.3 is 0 Å². The molecule has 5 aromatic carbocycles. The molecule has 0 heteroatoms. The van der Waals surface area contributed by atoms with Crippen LogP contribution in [0.1, 0.15) is 44.5 Å². The zero-order chi connectivity index (χ0) is 23.0. The van der Waals surface area contributed by atoms with Crippen LogP contribution in [0.4, 0.5) is 0 Å². The Morgan fingerprint density at radius 2 is 0.824 bits per heavy atom. The minimum absolute atomic E-state index is 0.896. The van der Waals surface area contributed by atoms with Crippen molar-refractivity contribution < 1.29 is 0 Å². The van der Waals surface area contributed by atoms with Crippen LogP contribution in [0.3, 0.4) is 0 Å². The largest absolute Gasteiger partial charge is 0.0622 e. The monoisotopic (exact) mass is 437 g/mol. The molecule has 0 N–H and O–H groups in total. The Bertz CT molecular complexity index is 1240. The molecular formula is C34H29. The van der Waals surface area contributed by atoms with Gasteiger partial charge in [0.1, 0.15) is 0 Å². The molecule has 0 saturated heterocycles. The van der Waals surface area contributed by atoms with Crippen LogP contribution in [-0.4, -0.2) is 0 Å². The van der Waals surface area contributed by atoms with Crippen LogP contribution >= 0.6 is 0 Å². The summed E-state index contributed by atoms with van der Waals surface area (Å²) in [4.78, 5) is 0. The highest BCUT2D eigenvalue weighted by Crippen LogP contribution is 2.27. The quantitative estimate of drug-likeness (QED) is 0.232. The van der Waals surface area contributed by atoms with E-state index >= 15 is 0 Å². The first kappa shape index (κ1) is 21.9. The minimum atomic E-state index is 0.896. The Hall–Kier alpha value is -3.90. The summed E-state index contributed by atoms with van der Waals surface area (Å²) in [6.07, 6.45) is 3.65. The van der Waals surface area contributed by atoms with E-state index in [1.165, 1.54) is 44.5 Å². The molecule has 0 spiro atoms. The SMILES string of the molecule is [c]1c(Cc2ccccc2)cc(Cc2ccccc2)c(Cc2ccccc2)c1Cc1ccccc1. The highest BCUT2D eigenvalue weighted by molar-refractivity contribution is 5.46. The molecule has 34 heavy (non-hydrogen) atoms. The van der Waals surface area contributed by atoms with E-state index in [4.69, 9.17) is 0 Å². The smallest absolute Gasteiger partial charge is 0.00165 e. The summed E-state index contributed by atoms with van der Waals surface area (Å²) in [6.45, 7) is 0. The molecule has 0 aliphatic rings. The van der Waals surface area contributed by atoms with E-state index in [1.807, 2.05) is 0 Å². The van der Waals surface area contributed by atoms with Crippen LogP contribution < -0.4 is 0 Å². The molecule has 5 rings (SSSR count). The van der Waals surface area contributed by atoms with Gasteiger partial charge in [-0.1, -0.05) is 127 Å². The van der Waals surface area contributed by atoms with Gasteiger partial charge in [0.15, 0.2) is 0 Å². The van der Waals surface area contributed by atoms with Crippen LogP contribution in [-0.2, 0) is 25.7 Å². The van der Waals surface area contributed by atoms with E-state index < -0.39 is 0 Å². The van der Waals surface area contributed by atoms with E-state index in [2.05, 4.69) is 133 Å². The Labute approximate surface area is 203 Å². The Kier molecular flexibility index (Phi) is 6.97. The van der Waals surface area contributed by atoms with Crippen molar-refractivity contribution in [3.63, 3.8) is 0 Å². The lowest BCUT2D eigenvalue weighted by Gasteiger charge is -2.18. The van der Waals surface area contributed by atoms with Crippen molar-refractivity contribution in [2.24, 2.45) is 0 Å². The maximum Gasteiger partial charge on any atom is -0.00165 e. The first-order valence-electron chi connectivity index (χ1n) is 12.0. The lowest BCUT2D eigenvalue weighted by atomic mass is 9.86. The normalized spacial score (nSPS) is 10.8. The Morgan fingerprint density at radius 1 is 0.412 bits per heavy atom. The fraction of sp³-hybridized carbons (Fsp3) is 0.118. The molecule has 0 aromatic heterocycles. The maximum absolute atomic E-state index is 3.86. The van der Waals surface area contributed by atoms with Crippen molar-refractivity contribution in [2.45, 2.75) is 25.7 Å². The summed E-state index contributed by atoms with van der Waals surface area (Å²) in [5, 5.41) is 0. The average Bonchev–Trinajstić information content (AvgIpc) is 2.88. The zero-order valence-corrected chi connectivity index (χ0v) is 19.5. The van der Waals surface area contributed by atoms with Crippen molar-refractivity contribution in [1.82, 2.24) is 0 Å². The molecule has 1 radical (unpaired) electrons. The van der Waals surface area contributed by atoms with E-state index in [9.17, 15) is 0 Å². The fourth-order valence-electron chi connectivity index (χ4n) is 4.65. The molecule has 0 bridgehead atoms. The third-order valence-corrected chi connectivity index (χ3v) is 6.33. The molecule has 0 atom stereocenters. The number of hydrogen-bond donors (Lipinski definition) is 0. The van der Waals surface area contributed by atoms with Crippen molar-refractivity contribution in [3.8, 4) is 0 Å². The lowest BCUT2D eigenvalue weighted by Crippen LogP contribution is -2.06. The molecule has 0 heterocycles. The van der Waals surface area contributed by atoms with E-state index in [1.54, 1.807) is 0 Å². The summed E-state index contributed by atoms with van der Waals surface area (Å²) < 4.78 is 0. The molecule has 0 saturated carbocycles. The second-order valence-corrected chi connectivity index (χ2v) is 8.93. The van der Waals surface area contributed by atoms with Crippen molar-refractivity contribution in [2.75, 3.05) is 0 Å². The average molecular weight is 438 g/mol. The summed E-state index contributed by atoms with van der Waals surface area (Å²) in [5.74, 6) is 0. The second-order valence-electron chi connectivity index (χ2n) is 8.93. The van der Waals surface area contributed by atoms with Gasteiger partial charge in [-0.25, -0.2) is 0 Å². The van der Waals surface area contributed by atoms with Gasteiger partial charge in [0.2, 0.25) is 0 Å². The van der Waals surface area contributed by atoms with Gasteiger partial charge in [-0.2, -0.15) is 0 Å². The molecule has 0 aliphatic carbocycles. The lowest BCUT2D eigenvalue weighted by molar-refractivity contribution is 1.01. The first-order chi connectivity index (χ1) is 16.8. The third-order valence-electron chi connectivity index (χ3n) is 6.33. The van der Waals surface area contributed by atoms with Crippen LogP contribution in [0.5, 0.6) is 0 Å². The van der Waals surface area contributed by atoms with Gasteiger partial charge >= 0.3 is 0 Å². The first-order valence-corrected chi connectivity index (χ1v) is 12.0. The van der Waals surface area contributed by atoms with Gasteiger partial charge in [0.25, 0.3) is 0 Å². The van der Waals surface area contributed by atoms with Crippen LogP contribution in [0.2, 0.25) is 0 Å². The van der Waals surface area contributed by atoms with Gasteiger partial charge in [-0.15, -0.1) is 0 Å². The topological polar surface area (TPSA) is 0 Å². The van der Waals surface area contributed by atoms with E-state index in [0.717, 1.165) is 25.7 Å². The fourth-order valence-corrected chi connectivity index (χ4v) is 4.65. The number of benzene rings is 5. The predicted octanol–water partition coefficient (Wildman–Crippen LogP) is 7.85. The van der Waals surface area contributed by atoms with E-state index in [-0.39, 0.29) is 0 Å². The zero-order valence-electron chi connectivity index (χ0n) is 19.5. The highest BCUT2D eigenvalue weighted by atomic mass is 14.2. The van der Waals surface area contributed by atoms with Gasteiger partial charge in [0, 0.05) is 0 Å². The predicted molar refractivity (Wildman–Crippen MR) is 142 cm³/mol. The summed E-state index contributed by atoms with van der Waals surface area (Å²) in [6, 6.07) is 49.4. The second kappa shape index (κ2) is 10.8. The van der Waals surface area contributed by atoms with Gasteiger partial charge in [-0.05, 0) is 76.3 Å². The van der Waals surface area contributed by atoms with Crippen molar-refractivity contribution in [3.05, 3.63) is 178 Å². The molecular weight excluding hydrogens is 408 g/mol. The van der Waals surface area contributed by atoms with Crippen LogP contribution in [0.15, 0.2) is 127 Å². The summed E-state index contributed by atoms with van der Waals surface area (Å²) >= 11 is 0. The van der Waals surface area contributed by atoms with Gasteiger partial charge in [0.05, 0.1) is 0 Å². The Morgan fingerprint density at radius 3 is 1.32 bits per heavy atom. The van der Waals surface area contributed by atoms with Crippen LogP contribution in [0.25, 0.3) is 0 Å². The molecule has 0 unspecified atom stereocenters. The highest BCUT2D eigenvalue weighted by Gasteiger charge is 2.14. The van der Waals surface area contributed by atoms with Crippen LogP contribution in [0, 0.1) is 6.07 Å². The van der Waals surface area contributed by atoms with E-state index in [0.29, 0.717) is 0 Å². The molecule has 0 fully saturated rings. The minimum Gasteiger partial charge on any atom is -0.0622 e. The summed E-state index contributed by atoms with van der Waals surface area (Å²) in [7, 11) is 0. The maximum atomic E-state index is 3.86.